The van der Waals surface area contributed by atoms with Crippen LogP contribution in [-0.4, -0.2) is 0 Å². The highest BCUT2D eigenvalue weighted by Gasteiger charge is 2.12. The lowest BCUT2D eigenvalue weighted by molar-refractivity contribution is 0.736. The fraction of sp³-hybridized carbons (Fsp3) is 0.231. The van der Waals surface area contributed by atoms with E-state index in [2.05, 4.69) is 0 Å². The molecule has 0 bridgehead atoms. The van der Waals surface area contributed by atoms with Crippen molar-refractivity contribution >= 4 is 46.1 Å². The maximum Gasteiger partial charge on any atom is 0.0960 e. The van der Waals surface area contributed by atoms with E-state index < -0.39 is 0 Å². The molecule has 2 aromatic rings. The van der Waals surface area contributed by atoms with Crippen molar-refractivity contribution < 1.29 is 0 Å². The molecule has 1 unspecified atom stereocenters. The molecule has 1 atom stereocenters. The predicted octanol–water partition coefficient (Wildman–Crippen LogP) is 5.26. The van der Waals surface area contributed by atoms with E-state index >= 15 is 0 Å². The summed E-state index contributed by atoms with van der Waals surface area (Å²) in [6, 6.07) is 7.55. The van der Waals surface area contributed by atoms with Gasteiger partial charge in [-0.1, -0.05) is 40.9 Å². The van der Waals surface area contributed by atoms with Gasteiger partial charge in [0.25, 0.3) is 0 Å². The molecule has 1 heterocycles. The lowest BCUT2D eigenvalue weighted by atomic mass is 10.1. The van der Waals surface area contributed by atoms with Crippen LogP contribution < -0.4 is 5.73 Å². The van der Waals surface area contributed by atoms with Crippen LogP contribution in [0.4, 0.5) is 0 Å². The summed E-state index contributed by atoms with van der Waals surface area (Å²) in [6.07, 6.45) is 0.715. The van der Waals surface area contributed by atoms with Gasteiger partial charge in [-0.3, -0.25) is 0 Å². The van der Waals surface area contributed by atoms with E-state index in [1.807, 2.05) is 25.1 Å². The number of thiophene rings is 1. The van der Waals surface area contributed by atoms with E-state index in [0.29, 0.717) is 16.5 Å². The first-order valence-corrected chi connectivity index (χ1v) is 7.37. The van der Waals surface area contributed by atoms with Crippen molar-refractivity contribution in [2.24, 2.45) is 5.73 Å². The summed E-state index contributed by atoms with van der Waals surface area (Å²) >= 11 is 19.4. The van der Waals surface area contributed by atoms with Crippen molar-refractivity contribution in [1.82, 2.24) is 0 Å². The molecule has 96 valence electrons. The Balaban J connectivity index is 2.15. The summed E-state index contributed by atoms with van der Waals surface area (Å²) in [5.74, 6) is 0. The van der Waals surface area contributed by atoms with Crippen molar-refractivity contribution in [3.8, 4) is 0 Å². The Morgan fingerprint density at radius 3 is 2.44 bits per heavy atom. The highest BCUT2D eigenvalue weighted by Crippen LogP contribution is 2.32. The summed E-state index contributed by atoms with van der Waals surface area (Å²) in [7, 11) is 0. The van der Waals surface area contributed by atoms with Gasteiger partial charge in [-0.15, -0.1) is 11.3 Å². The second kappa shape index (κ2) is 5.81. The third kappa shape index (κ3) is 3.19. The molecule has 1 nitrogen and oxygen atoms in total. The smallest absolute Gasteiger partial charge is 0.0960 e. The van der Waals surface area contributed by atoms with Gasteiger partial charge in [0.15, 0.2) is 0 Å². The first kappa shape index (κ1) is 14.2. The number of hydrogen-bond donors (Lipinski definition) is 1. The van der Waals surface area contributed by atoms with Crippen LogP contribution in [0.15, 0.2) is 24.3 Å². The van der Waals surface area contributed by atoms with Gasteiger partial charge in [-0.2, -0.15) is 0 Å². The van der Waals surface area contributed by atoms with Gasteiger partial charge in [0, 0.05) is 10.9 Å². The van der Waals surface area contributed by atoms with Crippen LogP contribution in [0.5, 0.6) is 0 Å². The fourth-order valence-corrected chi connectivity index (χ4v) is 3.23. The largest absolute Gasteiger partial charge is 0.323 e. The van der Waals surface area contributed by atoms with Crippen LogP contribution >= 0.6 is 46.1 Å². The number of hydrogen-bond acceptors (Lipinski definition) is 2. The molecule has 0 spiro atoms. The minimum absolute atomic E-state index is 0.0709. The third-order valence-corrected chi connectivity index (χ3v) is 5.11. The summed E-state index contributed by atoms with van der Waals surface area (Å²) in [5.41, 5.74) is 8.31. The molecule has 2 rings (SSSR count). The molecule has 2 N–H and O–H groups in total. The zero-order chi connectivity index (χ0) is 13.3. The Kier molecular flexibility index (Phi) is 4.57. The molecule has 0 aliphatic heterocycles. The molecule has 1 aromatic heterocycles. The van der Waals surface area contributed by atoms with Gasteiger partial charge in [0.1, 0.15) is 0 Å². The van der Waals surface area contributed by atoms with Crippen molar-refractivity contribution in [3.05, 3.63) is 54.7 Å². The average Bonchev–Trinajstić information content (AvgIpc) is 2.65. The quantitative estimate of drug-likeness (QED) is 0.820. The maximum atomic E-state index is 6.17. The molecular formula is C13H12Cl3NS. The number of aryl methyl sites for hydroxylation is 1. The van der Waals surface area contributed by atoms with Crippen molar-refractivity contribution in [2.45, 2.75) is 19.4 Å². The highest BCUT2D eigenvalue weighted by atomic mass is 35.5. The molecule has 0 fully saturated rings. The Morgan fingerprint density at radius 1 is 1.17 bits per heavy atom. The number of halogens is 3. The van der Waals surface area contributed by atoms with Gasteiger partial charge in [0.05, 0.1) is 14.4 Å². The predicted molar refractivity (Wildman–Crippen MR) is 81.2 cm³/mol. The van der Waals surface area contributed by atoms with Gasteiger partial charge < -0.3 is 5.73 Å². The first-order chi connectivity index (χ1) is 8.47. The van der Waals surface area contributed by atoms with Crippen molar-refractivity contribution in [2.75, 3.05) is 0 Å². The Hall–Kier alpha value is -0.250. The number of benzene rings is 1. The topological polar surface area (TPSA) is 26.0 Å². The zero-order valence-corrected chi connectivity index (χ0v) is 12.8. The Bertz CT molecular complexity index is 546. The van der Waals surface area contributed by atoms with E-state index in [4.69, 9.17) is 40.5 Å². The molecule has 5 heteroatoms. The van der Waals surface area contributed by atoms with E-state index in [1.54, 1.807) is 6.07 Å². The summed E-state index contributed by atoms with van der Waals surface area (Å²) in [6.45, 7) is 1.98. The highest BCUT2D eigenvalue weighted by molar-refractivity contribution is 7.16. The van der Waals surface area contributed by atoms with Crippen LogP contribution in [0, 0.1) is 6.92 Å². The van der Waals surface area contributed by atoms with E-state index in [-0.39, 0.29) is 6.04 Å². The SMILES string of the molecule is Cc1cc(C(N)Cc2ccc(Cl)c(Cl)c2)sc1Cl. The average molecular weight is 321 g/mol. The van der Waals surface area contributed by atoms with Gasteiger partial charge in [-0.05, 0) is 42.7 Å². The Morgan fingerprint density at radius 2 is 1.89 bits per heavy atom. The molecule has 18 heavy (non-hydrogen) atoms. The van der Waals surface area contributed by atoms with Crippen LogP contribution in [0.3, 0.4) is 0 Å². The van der Waals surface area contributed by atoms with Crippen LogP contribution in [-0.2, 0) is 6.42 Å². The van der Waals surface area contributed by atoms with E-state index in [9.17, 15) is 0 Å². The fourth-order valence-electron chi connectivity index (χ4n) is 1.69. The van der Waals surface area contributed by atoms with Gasteiger partial charge >= 0.3 is 0 Å². The lowest BCUT2D eigenvalue weighted by Gasteiger charge is -2.10. The van der Waals surface area contributed by atoms with E-state index in [1.165, 1.54) is 11.3 Å². The number of nitrogens with two attached hydrogens (primary N) is 1. The van der Waals surface area contributed by atoms with E-state index in [0.717, 1.165) is 20.3 Å². The minimum atomic E-state index is -0.0709. The minimum Gasteiger partial charge on any atom is -0.323 e. The maximum absolute atomic E-state index is 6.17. The standard InChI is InChI=1S/C13H12Cl3NS/c1-7-4-12(18-13(7)16)11(17)6-8-2-3-9(14)10(15)5-8/h2-5,11H,6,17H2,1H3. The second-order valence-corrected chi connectivity index (χ2v) is 6.66. The van der Waals surface area contributed by atoms with Crippen LogP contribution in [0.2, 0.25) is 14.4 Å². The Labute approximate surface area is 125 Å². The zero-order valence-electron chi connectivity index (χ0n) is 9.71. The van der Waals surface area contributed by atoms with Crippen molar-refractivity contribution in [3.63, 3.8) is 0 Å². The first-order valence-electron chi connectivity index (χ1n) is 5.42. The molecule has 1 aromatic carbocycles. The van der Waals surface area contributed by atoms with Gasteiger partial charge in [0.2, 0.25) is 0 Å². The summed E-state index contributed by atoms with van der Waals surface area (Å²) < 4.78 is 0.801. The normalized spacial score (nSPS) is 12.7. The summed E-state index contributed by atoms with van der Waals surface area (Å²) in [5, 5.41) is 1.12. The molecule has 0 aliphatic rings. The summed E-state index contributed by atoms with van der Waals surface area (Å²) in [4.78, 5) is 1.09. The molecule has 0 amide bonds. The van der Waals surface area contributed by atoms with Crippen LogP contribution in [0.1, 0.15) is 22.0 Å². The van der Waals surface area contributed by atoms with Crippen LogP contribution in [0.25, 0.3) is 0 Å². The lowest BCUT2D eigenvalue weighted by Crippen LogP contribution is -2.11. The monoisotopic (exact) mass is 319 g/mol. The van der Waals surface area contributed by atoms with Crippen molar-refractivity contribution in [1.29, 1.82) is 0 Å². The molecule has 0 radical (unpaired) electrons. The van der Waals surface area contributed by atoms with Gasteiger partial charge in [-0.25, -0.2) is 0 Å². The molecule has 0 saturated heterocycles. The third-order valence-electron chi connectivity index (χ3n) is 2.68. The number of rotatable bonds is 3. The molecule has 0 aliphatic carbocycles. The second-order valence-electron chi connectivity index (χ2n) is 4.16. The molecular weight excluding hydrogens is 309 g/mol. The molecule has 0 saturated carbocycles.